The maximum absolute atomic E-state index is 11.6. The molecule has 0 saturated heterocycles. The first-order valence-corrected chi connectivity index (χ1v) is 6.22. The summed E-state index contributed by atoms with van der Waals surface area (Å²) in [5, 5.41) is 17.1. The highest BCUT2D eigenvalue weighted by atomic mass is 35.5. The molecule has 7 nitrogen and oxygen atoms in total. The summed E-state index contributed by atoms with van der Waals surface area (Å²) in [5.74, 6) is -1.52. The molecule has 0 aliphatic heterocycles. The molecule has 0 saturated carbocycles. The van der Waals surface area contributed by atoms with E-state index in [2.05, 4.69) is 4.98 Å². The second-order valence-electron chi connectivity index (χ2n) is 3.00. The van der Waals surface area contributed by atoms with Crippen LogP contribution in [0.5, 0.6) is 0 Å². The van der Waals surface area contributed by atoms with Gasteiger partial charge in [0.05, 0.1) is 0 Å². The van der Waals surface area contributed by atoms with Crippen molar-refractivity contribution >= 4 is 27.6 Å². The van der Waals surface area contributed by atoms with Gasteiger partial charge in [-0.05, 0) is 12.1 Å². The van der Waals surface area contributed by atoms with Gasteiger partial charge in [-0.3, -0.25) is 0 Å². The van der Waals surface area contributed by atoms with E-state index in [1.165, 1.54) is 18.3 Å². The number of carboxylic acids is 1. The number of hydrogen-bond donors (Lipinski definition) is 3. The molecule has 0 aliphatic carbocycles. The van der Waals surface area contributed by atoms with Crippen LogP contribution >= 0.6 is 11.6 Å². The Morgan fingerprint density at radius 2 is 2.24 bits per heavy atom. The van der Waals surface area contributed by atoms with Crippen LogP contribution in [0.4, 0.5) is 0 Å². The van der Waals surface area contributed by atoms with Crippen molar-refractivity contribution in [2.75, 3.05) is 6.54 Å². The van der Waals surface area contributed by atoms with Crippen molar-refractivity contribution in [3.05, 3.63) is 23.5 Å². The van der Waals surface area contributed by atoms with Gasteiger partial charge in [-0.15, -0.1) is 0 Å². The number of aliphatic hydroxyl groups excluding tert-OH is 1. The van der Waals surface area contributed by atoms with Gasteiger partial charge in [0.1, 0.15) is 10.0 Å². The average Bonchev–Trinajstić information content (AvgIpc) is 2.26. The van der Waals surface area contributed by atoms with Crippen LogP contribution < -0.4 is 4.72 Å². The van der Waals surface area contributed by atoms with Crippen molar-refractivity contribution in [3.8, 4) is 0 Å². The molecule has 0 aliphatic rings. The Balaban J connectivity index is 2.84. The van der Waals surface area contributed by atoms with Crippen molar-refractivity contribution in [1.29, 1.82) is 0 Å². The summed E-state index contributed by atoms with van der Waals surface area (Å²) < 4.78 is 25.2. The lowest BCUT2D eigenvalue weighted by atomic mass is 10.4. The lowest BCUT2D eigenvalue weighted by Gasteiger charge is -2.09. The van der Waals surface area contributed by atoms with Crippen LogP contribution in [-0.2, 0) is 14.8 Å². The van der Waals surface area contributed by atoms with E-state index in [-0.39, 0.29) is 10.0 Å². The number of rotatable bonds is 5. The predicted octanol–water partition coefficient (Wildman–Crippen LogP) is -0.541. The van der Waals surface area contributed by atoms with Crippen LogP contribution in [0.2, 0.25) is 5.15 Å². The molecule has 1 aromatic rings. The number of sulfonamides is 1. The molecular weight excluding hydrogens is 272 g/mol. The Morgan fingerprint density at radius 1 is 1.59 bits per heavy atom. The number of aliphatic hydroxyl groups is 1. The zero-order chi connectivity index (χ0) is 13.1. The van der Waals surface area contributed by atoms with E-state index in [9.17, 15) is 13.2 Å². The topological polar surface area (TPSA) is 117 Å². The van der Waals surface area contributed by atoms with Crippen molar-refractivity contribution < 1.29 is 23.4 Å². The quantitative estimate of drug-likeness (QED) is 0.624. The molecule has 94 valence electrons. The minimum absolute atomic E-state index is 0.232. The normalized spacial score (nSPS) is 13.3. The van der Waals surface area contributed by atoms with Gasteiger partial charge < -0.3 is 10.2 Å². The molecule has 17 heavy (non-hydrogen) atoms. The summed E-state index contributed by atoms with van der Waals surface area (Å²) in [4.78, 5) is 13.6. The maximum Gasteiger partial charge on any atom is 0.333 e. The second-order valence-corrected chi connectivity index (χ2v) is 5.09. The predicted molar refractivity (Wildman–Crippen MR) is 58.1 cm³/mol. The standard InChI is InChI=1S/C8H9ClN2O5S/c9-7-6(2-1-3-10-7)17(15,16)11-4-5(12)8(13)14/h1-3,5,11-12H,4H2,(H,13,14). The van der Waals surface area contributed by atoms with Crippen molar-refractivity contribution in [3.63, 3.8) is 0 Å². The molecule has 9 heteroatoms. The molecule has 0 aromatic carbocycles. The van der Waals surface area contributed by atoms with Gasteiger partial charge in [-0.2, -0.15) is 0 Å². The number of nitrogens with one attached hydrogen (secondary N) is 1. The van der Waals surface area contributed by atoms with Gasteiger partial charge in [0, 0.05) is 12.7 Å². The Morgan fingerprint density at radius 3 is 2.76 bits per heavy atom. The number of pyridine rings is 1. The minimum atomic E-state index is -3.99. The largest absolute Gasteiger partial charge is 0.479 e. The number of aromatic nitrogens is 1. The summed E-state index contributed by atoms with van der Waals surface area (Å²) in [6.45, 7) is -0.650. The first kappa shape index (κ1) is 13.8. The summed E-state index contributed by atoms with van der Waals surface area (Å²) in [5.41, 5.74) is 0. The lowest BCUT2D eigenvalue weighted by Crippen LogP contribution is -2.36. The van der Waals surface area contributed by atoms with Gasteiger partial charge in [0.25, 0.3) is 0 Å². The molecule has 0 fully saturated rings. The van der Waals surface area contributed by atoms with Crippen LogP contribution in [0.1, 0.15) is 0 Å². The SMILES string of the molecule is O=C(O)C(O)CNS(=O)(=O)c1cccnc1Cl. The molecule has 0 spiro atoms. The number of aliphatic carboxylic acids is 1. The Labute approximate surface area is 102 Å². The monoisotopic (exact) mass is 280 g/mol. The Kier molecular flexibility index (Phi) is 4.40. The van der Waals surface area contributed by atoms with E-state index in [0.29, 0.717) is 0 Å². The third-order valence-corrected chi connectivity index (χ3v) is 3.63. The van der Waals surface area contributed by atoms with E-state index in [1.807, 2.05) is 4.72 Å². The van der Waals surface area contributed by atoms with Crippen LogP contribution in [0.25, 0.3) is 0 Å². The first-order chi connectivity index (χ1) is 7.84. The number of hydrogen-bond acceptors (Lipinski definition) is 5. The first-order valence-electron chi connectivity index (χ1n) is 4.35. The molecule has 1 rings (SSSR count). The van der Waals surface area contributed by atoms with Gasteiger partial charge in [0.15, 0.2) is 6.10 Å². The molecule has 0 radical (unpaired) electrons. The van der Waals surface area contributed by atoms with Crippen LogP contribution in [0.15, 0.2) is 23.2 Å². The fraction of sp³-hybridized carbons (Fsp3) is 0.250. The number of carbonyl (C=O) groups is 1. The summed E-state index contributed by atoms with van der Waals surface area (Å²) in [7, 11) is -3.99. The number of carboxylic acid groups (broad SMARTS) is 1. The van der Waals surface area contributed by atoms with Gasteiger partial charge in [-0.25, -0.2) is 22.9 Å². The van der Waals surface area contributed by atoms with Crippen molar-refractivity contribution in [2.24, 2.45) is 0 Å². The minimum Gasteiger partial charge on any atom is -0.479 e. The molecule has 0 bridgehead atoms. The van der Waals surface area contributed by atoms with Gasteiger partial charge in [-0.1, -0.05) is 11.6 Å². The highest BCUT2D eigenvalue weighted by molar-refractivity contribution is 7.89. The zero-order valence-corrected chi connectivity index (χ0v) is 9.94. The maximum atomic E-state index is 11.6. The molecule has 0 amide bonds. The molecule has 1 atom stereocenters. The smallest absolute Gasteiger partial charge is 0.333 e. The van der Waals surface area contributed by atoms with E-state index >= 15 is 0 Å². The number of nitrogens with zero attached hydrogens (tertiary/aromatic N) is 1. The summed E-state index contributed by atoms with van der Waals surface area (Å²) in [6, 6.07) is 2.58. The fourth-order valence-corrected chi connectivity index (χ4v) is 2.41. The second kappa shape index (κ2) is 5.41. The molecule has 1 aromatic heterocycles. The fourth-order valence-electron chi connectivity index (χ4n) is 0.925. The molecular formula is C8H9ClN2O5S. The molecule has 1 unspecified atom stereocenters. The van der Waals surface area contributed by atoms with E-state index < -0.39 is 28.6 Å². The van der Waals surface area contributed by atoms with E-state index in [0.717, 1.165) is 0 Å². The van der Waals surface area contributed by atoms with Crippen molar-refractivity contribution in [2.45, 2.75) is 11.0 Å². The van der Waals surface area contributed by atoms with Crippen LogP contribution in [0, 0.1) is 0 Å². The van der Waals surface area contributed by atoms with E-state index in [1.54, 1.807) is 0 Å². The summed E-state index contributed by atoms with van der Waals surface area (Å²) >= 11 is 5.58. The van der Waals surface area contributed by atoms with Crippen LogP contribution in [-0.4, -0.2) is 42.2 Å². The van der Waals surface area contributed by atoms with Crippen LogP contribution in [0.3, 0.4) is 0 Å². The average molecular weight is 281 g/mol. The van der Waals surface area contributed by atoms with Gasteiger partial charge >= 0.3 is 5.97 Å². The highest BCUT2D eigenvalue weighted by Gasteiger charge is 2.21. The Hall–Kier alpha value is -1.22. The van der Waals surface area contributed by atoms with Crippen molar-refractivity contribution in [1.82, 2.24) is 9.71 Å². The third-order valence-electron chi connectivity index (χ3n) is 1.77. The number of halogens is 1. The highest BCUT2D eigenvalue weighted by Crippen LogP contribution is 2.17. The van der Waals surface area contributed by atoms with E-state index in [4.69, 9.17) is 21.8 Å². The zero-order valence-electron chi connectivity index (χ0n) is 8.37. The summed E-state index contributed by atoms with van der Waals surface area (Å²) in [6.07, 6.45) is -0.506. The van der Waals surface area contributed by atoms with Gasteiger partial charge in [0.2, 0.25) is 10.0 Å². The molecule has 1 heterocycles. The third kappa shape index (κ3) is 3.63. The molecule has 3 N–H and O–H groups in total. The Bertz CT molecular complexity index is 518. The lowest BCUT2D eigenvalue weighted by molar-refractivity contribution is -0.146.